The number of rotatable bonds is 5. The van der Waals surface area contributed by atoms with Gasteiger partial charge >= 0.3 is 0 Å². The molecule has 0 amide bonds. The van der Waals surface area contributed by atoms with Gasteiger partial charge in [0.1, 0.15) is 16.5 Å². The minimum Gasteiger partial charge on any atom is -0.207 e. The number of hydrogen-bond acceptors (Lipinski definition) is 2. The van der Waals surface area contributed by atoms with Crippen molar-refractivity contribution in [1.82, 2.24) is 4.31 Å². The third-order valence-corrected chi connectivity index (χ3v) is 5.29. The van der Waals surface area contributed by atoms with Crippen LogP contribution in [0.2, 0.25) is 0 Å². The van der Waals surface area contributed by atoms with Crippen LogP contribution >= 0.6 is 0 Å². The smallest absolute Gasteiger partial charge is 0.207 e. The maximum absolute atomic E-state index is 13.9. The van der Waals surface area contributed by atoms with E-state index in [-0.39, 0.29) is 12.6 Å². The molecule has 0 aromatic heterocycles. The first kappa shape index (κ1) is 16.6. The monoisotopic (exact) mass is 325 g/mol. The molecule has 0 bridgehead atoms. The second kappa shape index (κ2) is 6.54. The van der Waals surface area contributed by atoms with Crippen LogP contribution in [0.15, 0.2) is 53.4 Å². The summed E-state index contributed by atoms with van der Waals surface area (Å²) in [6, 6.07) is 11.1. The Kier molecular flexibility index (Phi) is 4.93. The van der Waals surface area contributed by atoms with Crippen LogP contribution in [-0.4, -0.2) is 18.8 Å². The van der Waals surface area contributed by atoms with Gasteiger partial charge in [-0.1, -0.05) is 30.3 Å². The number of sulfonamides is 1. The fourth-order valence-corrected chi connectivity index (χ4v) is 3.79. The van der Waals surface area contributed by atoms with Crippen molar-refractivity contribution in [3.05, 3.63) is 65.7 Å². The summed E-state index contributed by atoms with van der Waals surface area (Å²) < 4.78 is 53.4. The quantitative estimate of drug-likeness (QED) is 0.843. The first-order valence-electron chi connectivity index (χ1n) is 6.83. The molecule has 0 saturated heterocycles. The molecule has 0 spiro atoms. The highest BCUT2D eigenvalue weighted by Gasteiger charge is 2.29. The Morgan fingerprint density at radius 1 is 1.05 bits per heavy atom. The van der Waals surface area contributed by atoms with Gasteiger partial charge in [0.05, 0.1) is 0 Å². The van der Waals surface area contributed by atoms with Gasteiger partial charge < -0.3 is 0 Å². The summed E-state index contributed by atoms with van der Waals surface area (Å²) in [6.07, 6.45) is 0. The van der Waals surface area contributed by atoms with Gasteiger partial charge in [-0.05, 0) is 31.5 Å². The van der Waals surface area contributed by atoms with Crippen LogP contribution in [0.25, 0.3) is 0 Å². The summed E-state index contributed by atoms with van der Waals surface area (Å²) in [5, 5.41) is 0. The summed E-state index contributed by atoms with van der Waals surface area (Å²) in [5.74, 6) is -1.89. The molecule has 0 aliphatic heterocycles. The second-order valence-electron chi connectivity index (χ2n) is 5.20. The van der Waals surface area contributed by atoms with Crippen LogP contribution in [0.5, 0.6) is 0 Å². The van der Waals surface area contributed by atoms with Crippen LogP contribution in [0.3, 0.4) is 0 Å². The molecule has 2 rings (SSSR count). The predicted octanol–water partition coefficient (Wildman–Crippen LogP) is 3.56. The normalized spacial score (nSPS) is 12.1. The average molecular weight is 325 g/mol. The van der Waals surface area contributed by atoms with E-state index in [2.05, 4.69) is 0 Å². The first-order valence-corrected chi connectivity index (χ1v) is 8.27. The Morgan fingerprint density at radius 3 is 2.23 bits per heavy atom. The van der Waals surface area contributed by atoms with E-state index in [1.165, 1.54) is 4.31 Å². The summed E-state index contributed by atoms with van der Waals surface area (Å²) in [6.45, 7) is 3.54. The van der Waals surface area contributed by atoms with Crippen LogP contribution in [0, 0.1) is 11.6 Å². The van der Waals surface area contributed by atoms with E-state index in [0.29, 0.717) is 6.07 Å². The molecule has 3 nitrogen and oxygen atoms in total. The molecule has 118 valence electrons. The van der Waals surface area contributed by atoms with Crippen LogP contribution in [0.1, 0.15) is 19.4 Å². The van der Waals surface area contributed by atoms with Crippen molar-refractivity contribution in [1.29, 1.82) is 0 Å². The molecule has 0 aliphatic rings. The van der Waals surface area contributed by atoms with Gasteiger partial charge in [-0.15, -0.1) is 0 Å². The van der Waals surface area contributed by atoms with E-state index < -0.39 is 26.6 Å². The third-order valence-electron chi connectivity index (χ3n) is 3.24. The molecule has 0 unspecified atom stereocenters. The van der Waals surface area contributed by atoms with Crippen molar-refractivity contribution in [2.24, 2.45) is 0 Å². The van der Waals surface area contributed by atoms with Crippen molar-refractivity contribution in [3.63, 3.8) is 0 Å². The van der Waals surface area contributed by atoms with Crippen LogP contribution in [-0.2, 0) is 16.6 Å². The molecule has 0 saturated carbocycles. The maximum Gasteiger partial charge on any atom is 0.246 e. The lowest BCUT2D eigenvalue weighted by Gasteiger charge is -2.26. The Labute approximate surface area is 129 Å². The molecule has 0 N–H and O–H groups in total. The van der Waals surface area contributed by atoms with E-state index in [1.54, 1.807) is 38.1 Å². The molecule has 0 fully saturated rings. The lowest BCUT2D eigenvalue weighted by molar-refractivity contribution is 0.346. The largest absolute Gasteiger partial charge is 0.246 e. The molecular formula is C16H17F2NO2S. The Bertz CT molecular complexity index is 746. The number of hydrogen-bond donors (Lipinski definition) is 0. The second-order valence-corrected chi connectivity index (χ2v) is 7.06. The predicted molar refractivity (Wildman–Crippen MR) is 80.7 cm³/mol. The molecule has 6 heteroatoms. The summed E-state index contributed by atoms with van der Waals surface area (Å²) in [7, 11) is -4.05. The highest BCUT2D eigenvalue weighted by atomic mass is 32.2. The lowest BCUT2D eigenvalue weighted by atomic mass is 10.2. The van der Waals surface area contributed by atoms with Gasteiger partial charge in [-0.3, -0.25) is 0 Å². The third kappa shape index (κ3) is 3.51. The Hall–Kier alpha value is -1.79. The molecule has 22 heavy (non-hydrogen) atoms. The Balaban J connectivity index is 2.42. The molecule has 0 atom stereocenters. The fraction of sp³-hybridized carbons (Fsp3) is 0.250. The molecule has 2 aromatic rings. The highest BCUT2D eigenvalue weighted by molar-refractivity contribution is 7.89. The van der Waals surface area contributed by atoms with Crippen molar-refractivity contribution >= 4 is 10.0 Å². The topological polar surface area (TPSA) is 37.4 Å². The van der Waals surface area contributed by atoms with Gasteiger partial charge in [-0.2, -0.15) is 4.31 Å². The fourth-order valence-electron chi connectivity index (χ4n) is 2.12. The van der Waals surface area contributed by atoms with Crippen molar-refractivity contribution in [2.75, 3.05) is 0 Å². The zero-order chi connectivity index (χ0) is 16.3. The Morgan fingerprint density at radius 2 is 1.68 bits per heavy atom. The molecule has 0 aliphatic carbocycles. The van der Waals surface area contributed by atoms with E-state index >= 15 is 0 Å². The van der Waals surface area contributed by atoms with Gasteiger partial charge in [0.2, 0.25) is 10.0 Å². The summed E-state index contributed by atoms with van der Waals surface area (Å²) in [4.78, 5) is -0.515. The minimum atomic E-state index is -4.05. The maximum atomic E-state index is 13.9. The van der Waals surface area contributed by atoms with E-state index in [4.69, 9.17) is 0 Å². The van der Waals surface area contributed by atoms with Gasteiger partial charge in [0.25, 0.3) is 0 Å². The zero-order valence-corrected chi connectivity index (χ0v) is 13.1. The van der Waals surface area contributed by atoms with Gasteiger partial charge in [0.15, 0.2) is 0 Å². The number of benzene rings is 2. The summed E-state index contributed by atoms with van der Waals surface area (Å²) in [5.41, 5.74) is 0.794. The van der Waals surface area contributed by atoms with E-state index in [0.717, 1.165) is 17.7 Å². The SMILES string of the molecule is CC(C)N(Cc1ccccc1)S(=O)(=O)c1ccc(F)cc1F. The number of halogens is 2. The molecule has 0 radical (unpaired) electrons. The molecule has 2 aromatic carbocycles. The average Bonchev–Trinajstić information content (AvgIpc) is 2.45. The van der Waals surface area contributed by atoms with Crippen LogP contribution in [0.4, 0.5) is 8.78 Å². The summed E-state index contributed by atoms with van der Waals surface area (Å²) >= 11 is 0. The van der Waals surface area contributed by atoms with E-state index in [1.807, 2.05) is 6.07 Å². The van der Waals surface area contributed by atoms with Gasteiger partial charge in [0, 0.05) is 18.7 Å². The van der Waals surface area contributed by atoms with Crippen molar-refractivity contribution in [2.45, 2.75) is 31.3 Å². The van der Waals surface area contributed by atoms with Crippen molar-refractivity contribution < 1.29 is 17.2 Å². The first-order chi connectivity index (χ1) is 10.3. The highest BCUT2D eigenvalue weighted by Crippen LogP contribution is 2.23. The van der Waals surface area contributed by atoms with Crippen LogP contribution < -0.4 is 0 Å². The standard InChI is InChI=1S/C16H17F2NO2S/c1-12(2)19(11-13-6-4-3-5-7-13)22(20,21)16-9-8-14(17)10-15(16)18/h3-10,12H,11H2,1-2H3. The van der Waals surface area contributed by atoms with E-state index in [9.17, 15) is 17.2 Å². The number of nitrogens with zero attached hydrogens (tertiary/aromatic N) is 1. The van der Waals surface area contributed by atoms with Crippen molar-refractivity contribution in [3.8, 4) is 0 Å². The minimum absolute atomic E-state index is 0.123. The zero-order valence-electron chi connectivity index (χ0n) is 12.3. The molecular weight excluding hydrogens is 308 g/mol. The van der Waals surface area contributed by atoms with Gasteiger partial charge in [-0.25, -0.2) is 17.2 Å². The molecule has 0 heterocycles. The lowest BCUT2D eigenvalue weighted by Crippen LogP contribution is -2.36.